The molecule has 0 amide bonds. The summed E-state index contributed by atoms with van der Waals surface area (Å²) in [4.78, 5) is 0. The van der Waals surface area contributed by atoms with E-state index in [0.29, 0.717) is 18.2 Å². The highest BCUT2D eigenvalue weighted by Gasteiger charge is 2.08. The molecule has 0 aromatic heterocycles. The van der Waals surface area contributed by atoms with Crippen molar-refractivity contribution in [1.82, 2.24) is 5.43 Å². The summed E-state index contributed by atoms with van der Waals surface area (Å²) in [5.74, 6) is 0.416. The lowest BCUT2D eigenvalue weighted by molar-refractivity contribution is 0.208. The van der Waals surface area contributed by atoms with Crippen molar-refractivity contribution in [1.29, 1.82) is 5.26 Å². The van der Waals surface area contributed by atoms with Gasteiger partial charge in [0.2, 0.25) is 5.88 Å². The molecule has 0 spiro atoms. The van der Waals surface area contributed by atoms with Gasteiger partial charge in [0.05, 0.1) is 6.61 Å². The summed E-state index contributed by atoms with van der Waals surface area (Å²) in [6.07, 6.45) is 1.50. The van der Waals surface area contributed by atoms with Crippen LogP contribution >= 0.6 is 0 Å². The lowest BCUT2D eigenvalue weighted by Gasteiger charge is -1.97. The maximum absolute atomic E-state index is 8.31. The van der Waals surface area contributed by atoms with E-state index in [1.165, 1.54) is 6.08 Å². The topological polar surface area (TPSA) is 59.5 Å². The Labute approximate surface area is 58.8 Å². The standard InChI is InChI=1S/C6H6N3O/c1-2-10-6-3-5(4-7)8-9-6/h3H,2H2,1H3. The van der Waals surface area contributed by atoms with Crippen LogP contribution in [-0.4, -0.2) is 12.3 Å². The van der Waals surface area contributed by atoms with Crippen LogP contribution in [0.15, 0.2) is 17.1 Å². The smallest absolute Gasteiger partial charge is 0.236 e. The molecule has 0 aromatic carbocycles. The first-order chi connectivity index (χ1) is 4.86. The van der Waals surface area contributed by atoms with Crippen LogP contribution in [-0.2, 0) is 4.74 Å². The van der Waals surface area contributed by atoms with Crippen molar-refractivity contribution < 1.29 is 4.74 Å². The van der Waals surface area contributed by atoms with Gasteiger partial charge in [-0.2, -0.15) is 5.26 Å². The monoisotopic (exact) mass is 136 g/mol. The number of allylic oxidation sites excluding steroid dienone is 1. The third-order valence-electron chi connectivity index (χ3n) is 0.923. The van der Waals surface area contributed by atoms with E-state index in [4.69, 9.17) is 10.00 Å². The number of rotatable bonds is 2. The molecule has 1 aliphatic rings. The predicted octanol–water partition coefficient (Wildman–Crippen LogP) is 0.362. The van der Waals surface area contributed by atoms with E-state index in [2.05, 4.69) is 10.5 Å². The van der Waals surface area contributed by atoms with Gasteiger partial charge in [-0.05, 0) is 6.92 Å². The van der Waals surface area contributed by atoms with Gasteiger partial charge in [0.1, 0.15) is 6.07 Å². The largest absolute Gasteiger partial charge is 0.477 e. The minimum Gasteiger partial charge on any atom is -0.477 e. The zero-order valence-corrected chi connectivity index (χ0v) is 5.53. The molecule has 51 valence electrons. The highest BCUT2D eigenvalue weighted by Crippen LogP contribution is 2.01. The molecule has 10 heavy (non-hydrogen) atoms. The molecule has 0 fully saturated rings. The maximum Gasteiger partial charge on any atom is 0.236 e. The Balaban J connectivity index is 2.51. The normalized spacial score (nSPS) is 14.8. The average molecular weight is 136 g/mol. The number of hydrogen-bond donors (Lipinski definition) is 0. The quantitative estimate of drug-likeness (QED) is 0.550. The first-order valence-electron chi connectivity index (χ1n) is 2.90. The predicted molar refractivity (Wildman–Crippen MR) is 34.9 cm³/mol. The minimum atomic E-state index is 0.295. The third kappa shape index (κ3) is 1.26. The van der Waals surface area contributed by atoms with Crippen LogP contribution in [0, 0.1) is 11.3 Å². The molecule has 0 bridgehead atoms. The third-order valence-corrected chi connectivity index (χ3v) is 0.923. The summed E-state index contributed by atoms with van der Waals surface area (Å²) in [6.45, 7) is 2.39. The van der Waals surface area contributed by atoms with Crippen molar-refractivity contribution in [3.8, 4) is 6.07 Å². The second-order valence-corrected chi connectivity index (χ2v) is 1.61. The van der Waals surface area contributed by atoms with Crippen LogP contribution in [0.1, 0.15) is 6.92 Å². The van der Waals surface area contributed by atoms with Gasteiger partial charge in [-0.3, -0.25) is 0 Å². The molecule has 0 aliphatic carbocycles. The van der Waals surface area contributed by atoms with Gasteiger partial charge in [-0.25, -0.2) is 0 Å². The van der Waals surface area contributed by atoms with Crippen LogP contribution in [0.2, 0.25) is 0 Å². The molecule has 0 atom stereocenters. The van der Waals surface area contributed by atoms with Crippen LogP contribution in [0.25, 0.3) is 0 Å². The van der Waals surface area contributed by atoms with Crippen molar-refractivity contribution in [2.75, 3.05) is 6.61 Å². The number of hydrogen-bond acceptors (Lipinski definition) is 3. The summed E-state index contributed by atoms with van der Waals surface area (Å²) >= 11 is 0. The Morgan fingerprint density at radius 3 is 3.10 bits per heavy atom. The lowest BCUT2D eigenvalue weighted by atomic mass is 10.4. The van der Waals surface area contributed by atoms with Crippen molar-refractivity contribution in [2.45, 2.75) is 6.92 Å². The maximum atomic E-state index is 8.31. The van der Waals surface area contributed by atoms with E-state index < -0.39 is 0 Å². The highest BCUT2D eigenvalue weighted by molar-refractivity contribution is 6.08. The molecular weight excluding hydrogens is 130 g/mol. The number of ether oxygens (including phenoxy) is 1. The molecule has 0 saturated heterocycles. The number of nitrogens with zero attached hydrogens (tertiary/aromatic N) is 3. The van der Waals surface area contributed by atoms with Crippen LogP contribution in [0.4, 0.5) is 0 Å². The average Bonchev–Trinajstić information content (AvgIpc) is 2.37. The minimum absolute atomic E-state index is 0.295. The molecule has 0 aromatic rings. The Bertz CT molecular complexity index is 224. The fraction of sp³-hybridized carbons (Fsp3) is 0.333. The molecule has 1 heterocycles. The zero-order valence-electron chi connectivity index (χ0n) is 5.53. The van der Waals surface area contributed by atoms with E-state index in [-0.39, 0.29) is 0 Å². The fourth-order valence-corrected chi connectivity index (χ4v) is 0.551. The summed E-state index contributed by atoms with van der Waals surface area (Å²) in [5, 5.41) is 11.8. The van der Waals surface area contributed by atoms with Gasteiger partial charge in [0, 0.05) is 6.08 Å². The molecule has 0 saturated carbocycles. The molecule has 4 nitrogen and oxygen atoms in total. The molecule has 4 heteroatoms. The van der Waals surface area contributed by atoms with E-state index in [9.17, 15) is 0 Å². The second kappa shape index (κ2) is 2.87. The van der Waals surface area contributed by atoms with Gasteiger partial charge < -0.3 is 4.74 Å². The first kappa shape index (κ1) is 6.62. The Kier molecular flexibility index (Phi) is 1.90. The summed E-state index contributed by atoms with van der Waals surface area (Å²) in [5.41, 5.74) is 3.88. The molecule has 0 N–H and O–H groups in total. The molecule has 0 unspecified atom stereocenters. The van der Waals surface area contributed by atoms with Crippen molar-refractivity contribution in [3.05, 3.63) is 12.0 Å². The fourth-order valence-electron chi connectivity index (χ4n) is 0.551. The lowest BCUT2D eigenvalue weighted by Crippen LogP contribution is -1.96. The van der Waals surface area contributed by atoms with Gasteiger partial charge in [0.15, 0.2) is 5.71 Å². The van der Waals surface area contributed by atoms with Crippen molar-refractivity contribution in [2.24, 2.45) is 5.10 Å². The van der Waals surface area contributed by atoms with Crippen molar-refractivity contribution >= 4 is 5.71 Å². The number of nitriles is 1. The summed E-state index contributed by atoms with van der Waals surface area (Å²) in [6, 6.07) is 1.85. The summed E-state index contributed by atoms with van der Waals surface area (Å²) < 4.78 is 4.96. The Hall–Kier alpha value is -1.50. The van der Waals surface area contributed by atoms with Gasteiger partial charge in [-0.1, -0.05) is 0 Å². The molecule has 1 rings (SSSR count). The highest BCUT2D eigenvalue weighted by atomic mass is 16.5. The van der Waals surface area contributed by atoms with Crippen molar-refractivity contribution in [3.63, 3.8) is 0 Å². The summed E-state index contributed by atoms with van der Waals surface area (Å²) in [7, 11) is 0. The van der Waals surface area contributed by atoms with Crippen LogP contribution < -0.4 is 5.43 Å². The SMILES string of the molecule is CCOC1=CC(C#N)=N[N]1. The van der Waals surface area contributed by atoms with E-state index >= 15 is 0 Å². The van der Waals surface area contributed by atoms with Crippen LogP contribution in [0.3, 0.4) is 0 Å². The van der Waals surface area contributed by atoms with Gasteiger partial charge in [0.25, 0.3) is 0 Å². The second-order valence-electron chi connectivity index (χ2n) is 1.61. The van der Waals surface area contributed by atoms with Crippen LogP contribution in [0.5, 0.6) is 0 Å². The van der Waals surface area contributed by atoms with E-state index in [1.54, 1.807) is 0 Å². The van der Waals surface area contributed by atoms with Gasteiger partial charge >= 0.3 is 0 Å². The zero-order chi connectivity index (χ0) is 7.40. The molecular formula is C6H6N3O. The molecule has 1 aliphatic heterocycles. The molecule has 1 radical (unpaired) electrons. The van der Waals surface area contributed by atoms with E-state index in [1.807, 2.05) is 13.0 Å². The Morgan fingerprint density at radius 1 is 1.80 bits per heavy atom. The first-order valence-corrected chi connectivity index (χ1v) is 2.90. The Morgan fingerprint density at radius 2 is 2.60 bits per heavy atom. The van der Waals surface area contributed by atoms with Gasteiger partial charge in [-0.15, -0.1) is 10.5 Å². The van der Waals surface area contributed by atoms with E-state index in [0.717, 1.165) is 0 Å².